The van der Waals surface area contributed by atoms with Crippen molar-refractivity contribution in [1.29, 1.82) is 0 Å². The van der Waals surface area contributed by atoms with Gasteiger partial charge in [0.15, 0.2) is 9.84 Å². The van der Waals surface area contributed by atoms with Gasteiger partial charge in [0, 0.05) is 17.2 Å². The predicted octanol–water partition coefficient (Wildman–Crippen LogP) is 1.95. The van der Waals surface area contributed by atoms with Crippen molar-refractivity contribution in [2.75, 3.05) is 11.5 Å². The lowest BCUT2D eigenvalue weighted by Crippen LogP contribution is -2.10. The summed E-state index contributed by atoms with van der Waals surface area (Å²) in [5.41, 5.74) is 1.06. The SMILES string of the molecule is O=S1(=O)CCC(C(Br)c2cccnc2)C1. The van der Waals surface area contributed by atoms with E-state index in [-0.39, 0.29) is 16.5 Å². The largest absolute Gasteiger partial charge is 0.264 e. The minimum absolute atomic E-state index is 0.100. The molecule has 1 aliphatic rings. The Morgan fingerprint density at radius 2 is 2.33 bits per heavy atom. The van der Waals surface area contributed by atoms with Crippen LogP contribution in [0.5, 0.6) is 0 Å². The van der Waals surface area contributed by atoms with Gasteiger partial charge in [-0.15, -0.1) is 0 Å². The third-order valence-corrected chi connectivity index (χ3v) is 5.75. The van der Waals surface area contributed by atoms with Crippen LogP contribution in [0.25, 0.3) is 0 Å². The Morgan fingerprint density at radius 3 is 2.87 bits per heavy atom. The fourth-order valence-corrected chi connectivity index (χ4v) is 4.68. The maximum atomic E-state index is 11.3. The number of alkyl halides is 1. The van der Waals surface area contributed by atoms with Crippen LogP contribution in [0.2, 0.25) is 0 Å². The van der Waals surface area contributed by atoms with Crippen molar-refractivity contribution in [2.24, 2.45) is 5.92 Å². The van der Waals surface area contributed by atoms with Crippen LogP contribution in [0.3, 0.4) is 0 Å². The first kappa shape index (κ1) is 11.1. The molecule has 2 heterocycles. The number of hydrogen-bond donors (Lipinski definition) is 0. The highest BCUT2D eigenvalue weighted by molar-refractivity contribution is 9.09. The van der Waals surface area contributed by atoms with Crippen molar-refractivity contribution in [2.45, 2.75) is 11.2 Å². The summed E-state index contributed by atoms with van der Waals surface area (Å²) in [4.78, 5) is 4.13. The molecular formula is C10H12BrNO2S. The molecule has 82 valence electrons. The summed E-state index contributed by atoms with van der Waals surface area (Å²) in [5, 5.41) is 0. The van der Waals surface area contributed by atoms with Gasteiger partial charge in [-0.2, -0.15) is 0 Å². The second-order valence-corrected chi connectivity index (χ2v) is 7.07. The molecule has 0 spiro atoms. The molecule has 0 aliphatic carbocycles. The molecule has 5 heteroatoms. The average Bonchev–Trinajstić information content (AvgIpc) is 2.59. The van der Waals surface area contributed by atoms with E-state index >= 15 is 0 Å². The van der Waals surface area contributed by atoms with Gasteiger partial charge in [0.05, 0.1) is 11.5 Å². The van der Waals surface area contributed by atoms with Crippen LogP contribution >= 0.6 is 15.9 Å². The van der Waals surface area contributed by atoms with E-state index in [0.717, 1.165) is 12.0 Å². The van der Waals surface area contributed by atoms with Crippen molar-refractivity contribution in [3.05, 3.63) is 30.1 Å². The number of rotatable bonds is 2. The quantitative estimate of drug-likeness (QED) is 0.782. The molecule has 0 aromatic carbocycles. The Balaban J connectivity index is 2.14. The Kier molecular flexibility index (Phi) is 3.11. The molecule has 0 saturated carbocycles. The molecule has 3 nitrogen and oxygen atoms in total. The topological polar surface area (TPSA) is 47.0 Å². The van der Waals surface area contributed by atoms with Crippen LogP contribution in [-0.2, 0) is 9.84 Å². The van der Waals surface area contributed by atoms with Crippen molar-refractivity contribution in [3.63, 3.8) is 0 Å². The summed E-state index contributed by atoms with van der Waals surface area (Å²) < 4.78 is 22.7. The third kappa shape index (κ3) is 2.58. The van der Waals surface area contributed by atoms with E-state index in [0.29, 0.717) is 5.75 Å². The molecule has 0 N–H and O–H groups in total. The lowest BCUT2D eigenvalue weighted by atomic mass is 10.0. The maximum Gasteiger partial charge on any atom is 0.150 e. The van der Waals surface area contributed by atoms with E-state index in [1.165, 1.54) is 0 Å². The van der Waals surface area contributed by atoms with Gasteiger partial charge >= 0.3 is 0 Å². The number of halogens is 1. The van der Waals surface area contributed by atoms with Gasteiger partial charge < -0.3 is 0 Å². The van der Waals surface area contributed by atoms with Gasteiger partial charge in [0.25, 0.3) is 0 Å². The summed E-state index contributed by atoms with van der Waals surface area (Å²) in [6.45, 7) is 0. The molecule has 2 rings (SSSR count). The first-order chi connectivity index (χ1) is 7.08. The van der Waals surface area contributed by atoms with Gasteiger partial charge in [0.2, 0.25) is 0 Å². The number of pyridine rings is 1. The van der Waals surface area contributed by atoms with Crippen molar-refractivity contribution >= 4 is 25.8 Å². The number of aromatic nitrogens is 1. The number of nitrogens with zero attached hydrogens (tertiary/aromatic N) is 1. The fourth-order valence-electron chi connectivity index (χ4n) is 1.87. The molecule has 1 saturated heterocycles. The summed E-state index contributed by atoms with van der Waals surface area (Å²) in [6, 6.07) is 3.84. The third-order valence-electron chi connectivity index (χ3n) is 2.68. The average molecular weight is 290 g/mol. The van der Waals surface area contributed by atoms with Crippen LogP contribution in [0, 0.1) is 5.92 Å². The normalized spacial score (nSPS) is 26.3. The number of hydrogen-bond acceptors (Lipinski definition) is 3. The Morgan fingerprint density at radius 1 is 1.53 bits per heavy atom. The molecule has 1 fully saturated rings. The number of sulfone groups is 1. The molecule has 1 aromatic rings. The second-order valence-electron chi connectivity index (χ2n) is 3.85. The molecule has 1 aliphatic heterocycles. The van der Waals surface area contributed by atoms with Crippen molar-refractivity contribution in [3.8, 4) is 0 Å². The van der Waals surface area contributed by atoms with E-state index in [1.807, 2.05) is 12.1 Å². The van der Waals surface area contributed by atoms with Gasteiger partial charge in [-0.3, -0.25) is 4.98 Å². The summed E-state index contributed by atoms with van der Waals surface area (Å²) >= 11 is 3.56. The van der Waals surface area contributed by atoms with Gasteiger partial charge in [0.1, 0.15) is 0 Å². The highest BCUT2D eigenvalue weighted by Crippen LogP contribution is 2.37. The Hall–Kier alpha value is -0.420. The Bertz CT molecular complexity index is 432. The minimum atomic E-state index is -2.80. The fraction of sp³-hybridized carbons (Fsp3) is 0.500. The molecular weight excluding hydrogens is 278 g/mol. The van der Waals surface area contributed by atoms with E-state index in [9.17, 15) is 8.42 Å². The zero-order valence-corrected chi connectivity index (χ0v) is 10.5. The van der Waals surface area contributed by atoms with E-state index < -0.39 is 9.84 Å². The van der Waals surface area contributed by atoms with Crippen LogP contribution in [0.1, 0.15) is 16.8 Å². The molecule has 2 atom stereocenters. The summed E-state index contributed by atoms with van der Waals surface area (Å²) in [7, 11) is -2.80. The predicted molar refractivity (Wildman–Crippen MR) is 62.7 cm³/mol. The van der Waals surface area contributed by atoms with Crippen LogP contribution in [0.4, 0.5) is 0 Å². The highest BCUT2D eigenvalue weighted by atomic mass is 79.9. The second kappa shape index (κ2) is 4.22. The molecule has 0 radical (unpaired) electrons. The van der Waals surface area contributed by atoms with E-state index in [2.05, 4.69) is 20.9 Å². The van der Waals surface area contributed by atoms with E-state index in [1.54, 1.807) is 12.4 Å². The lowest BCUT2D eigenvalue weighted by molar-refractivity contribution is 0.579. The smallest absolute Gasteiger partial charge is 0.150 e. The first-order valence-corrected chi connectivity index (χ1v) is 7.56. The van der Waals surface area contributed by atoms with Crippen LogP contribution in [-0.4, -0.2) is 24.9 Å². The molecule has 1 aromatic heterocycles. The molecule has 0 amide bonds. The van der Waals surface area contributed by atoms with Gasteiger partial charge in [-0.25, -0.2) is 8.42 Å². The van der Waals surface area contributed by atoms with E-state index in [4.69, 9.17) is 0 Å². The summed E-state index contributed by atoms with van der Waals surface area (Å²) in [6.07, 6.45) is 4.24. The van der Waals surface area contributed by atoms with Crippen LogP contribution < -0.4 is 0 Å². The Labute approximate surface area is 98.0 Å². The standard InChI is InChI=1S/C10H12BrNO2S/c11-10(8-2-1-4-12-6-8)9-3-5-15(13,14)7-9/h1-2,4,6,9-10H,3,5,7H2. The summed E-state index contributed by atoms with van der Waals surface area (Å²) in [5.74, 6) is 0.789. The van der Waals surface area contributed by atoms with Crippen molar-refractivity contribution < 1.29 is 8.42 Å². The molecule has 15 heavy (non-hydrogen) atoms. The zero-order chi connectivity index (χ0) is 10.9. The highest BCUT2D eigenvalue weighted by Gasteiger charge is 2.33. The molecule has 2 unspecified atom stereocenters. The minimum Gasteiger partial charge on any atom is -0.264 e. The zero-order valence-electron chi connectivity index (χ0n) is 8.14. The first-order valence-electron chi connectivity index (χ1n) is 4.83. The van der Waals surface area contributed by atoms with Crippen LogP contribution in [0.15, 0.2) is 24.5 Å². The maximum absolute atomic E-state index is 11.3. The van der Waals surface area contributed by atoms with Gasteiger partial charge in [-0.1, -0.05) is 22.0 Å². The lowest BCUT2D eigenvalue weighted by Gasteiger charge is -2.15. The van der Waals surface area contributed by atoms with Gasteiger partial charge in [-0.05, 0) is 24.0 Å². The van der Waals surface area contributed by atoms with Crippen molar-refractivity contribution in [1.82, 2.24) is 4.98 Å². The molecule has 0 bridgehead atoms. The monoisotopic (exact) mass is 289 g/mol.